The molecule has 0 heterocycles. The molecule has 0 saturated heterocycles. The standard InChI is InChI=1S/C13H17FN2O.ClH/c1-9(15)13(17)16(12-5-6-12)8-10-3-2-4-11(14)7-10;/h2-4,7,9,12H,5-6,8,15H2,1H3;1H/t9-;/m0./s1. The van der Waals surface area contributed by atoms with Gasteiger partial charge in [-0.15, -0.1) is 12.4 Å². The molecular formula is C13H18ClFN2O. The number of carbonyl (C=O) groups excluding carboxylic acids is 1. The second-order valence-corrected chi connectivity index (χ2v) is 4.62. The monoisotopic (exact) mass is 272 g/mol. The number of amides is 1. The zero-order valence-corrected chi connectivity index (χ0v) is 11.1. The average Bonchev–Trinajstić information content (AvgIpc) is 3.09. The third kappa shape index (κ3) is 3.68. The molecule has 1 saturated carbocycles. The highest BCUT2D eigenvalue weighted by Crippen LogP contribution is 2.28. The lowest BCUT2D eigenvalue weighted by Gasteiger charge is -2.24. The minimum atomic E-state index is -0.496. The van der Waals surface area contributed by atoms with E-state index < -0.39 is 6.04 Å². The fraction of sp³-hybridized carbons (Fsp3) is 0.462. The summed E-state index contributed by atoms with van der Waals surface area (Å²) in [6, 6.07) is 6.14. The Kier molecular flexibility index (Phi) is 5.11. The van der Waals surface area contributed by atoms with Crippen LogP contribution in [-0.4, -0.2) is 22.9 Å². The highest BCUT2D eigenvalue weighted by molar-refractivity contribution is 5.85. The van der Waals surface area contributed by atoms with E-state index in [1.165, 1.54) is 12.1 Å². The molecule has 3 nitrogen and oxygen atoms in total. The molecule has 0 aliphatic heterocycles. The fourth-order valence-corrected chi connectivity index (χ4v) is 1.87. The van der Waals surface area contributed by atoms with Gasteiger partial charge in [0.05, 0.1) is 6.04 Å². The number of hydrogen-bond acceptors (Lipinski definition) is 2. The van der Waals surface area contributed by atoms with Gasteiger partial charge in [0, 0.05) is 12.6 Å². The Balaban J connectivity index is 0.00000162. The van der Waals surface area contributed by atoms with Gasteiger partial charge in [0.2, 0.25) is 5.91 Å². The van der Waals surface area contributed by atoms with Gasteiger partial charge >= 0.3 is 0 Å². The molecule has 0 radical (unpaired) electrons. The third-order valence-electron chi connectivity index (χ3n) is 2.90. The van der Waals surface area contributed by atoms with Crippen molar-refractivity contribution < 1.29 is 9.18 Å². The van der Waals surface area contributed by atoms with Crippen molar-refractivity contribution in [2.75, 3.05) is 0 Å². The van der Waals surface area contributed by atoms with E-state index in [2.05, 4.69) is 0 Å². The van der Waals surface area contributed by atoms with Crippen molar-refractivity contribution in [3.8, 4) is 0 Å². The van der Waals surface area contributed by atoms with Crippen molar-refractivity contribution in [1.29, 1.82) is 0 Å². The fourth-order valence-electron chi connectivity index (χ4n) is 1.87. The van der Waals surface area contributed by atoms with Crippen molar-refractivity contribution in [2.45, 2.75) is 38.4 Å². The molecule has 1 amide bonds. The van der Waals surface area contributed by atoms with Crippen molar-refractivity contribution >= 4 is 18.3 Å². The predicted octanol–water partition coefficient (Wildman–Crippen LogP) is 2.09. The molecule has 2 N–H and O–H groups in total. The number of nitrogens with zero attached hydrogens (tertiary/aromatic N) is 1. The number of benzene rings is 1. The first kappa shape index (κ1) is 14.9. The normalized spacial score (nSPS) is 15.7. The van der Waals surface area contributed by atoms with Crippen molar-refractivity contribution in [3.05, 3.63) is 35.6 Å². The summed E-state index contributed by atoms with van der Waals surface area (Å²) in [5.41, 5.74) is 6.43. The Hall–Kier alpha value is -1.13. The molecule has 2 rings (SSSR count). The maximum absolute atomic E-state index is 13.1. The second kappa shape index (κ2) is 6.16. The van der Waals surface area contributed by atoms with E-state index in [9.17, 15) is 9.18 Å². The molecule has 1 aliphatic carbocycles. The lowest BCUT2D eigenvalue weighted by Crippen LogP contribution is -2.42. The van der Waals surface area contributed by atoms with Gasteiger partial charge < -0.3 is 10.6 Å². The smallest absolute Gasteiger partial charge is 0.239 e. The number of rotatable bonds is 4. The SMILES string of the molecule is C[C@H](N)C(=O)N(Cc1cccc(F)c1)C1CC1.Cl. The summed E-state index contributed by atoms with van der Waals surface area (Å²) in [4.78, 5) is 13.7. The summed E-state index contributed by atoms with van der Waals surface area (Å²) in [7, 11) is 0. The van der Waals surface area contributed by atoms with E-state index >= 15 is 0 Å². The summed E-state index contributed by atoms with van der Waals surface area (Å²) in [6.45, 7) is 2.13. The van der Waals surface area contributed by atoms with E-state index in [1.54, 1.807) is 17.9 Å². The molecule has 1 fully saturated rings. The highest BCUT2D eigenvalue weighted by Gasteiger charge is 2.33. The Labute approximate surface area is 113 Å². The van der Waals surface area contributed by atoms with Gasteiger partial charge in [-0.05, 0) is 37.5 Å². The zero-order valence-electron chi connectivity index (χ0n) is 10.3. The molecule has 100 valence electrons. The summed E-state index contributed by atoms with van der Waals surface area (Å²) >= 11 is 0. The van der Waals surface area contributed by atoms with E-state index in [-0.39, 0.29) is 30.2 Å². The molecule has 0 bridgehead atoms. The topological polar surface area (TPSA) is 46.3 Å². The van der Waals surface area contributed by atoms with Crippen molar-refractivity contribution in [3.63, 3.8) is 0 Å². The minimum Gasteiger partial charge on any atom is -0.334 e. The van der Waals surface area contributed by atoms with Gasteiger partial charge in [0.1, 0.15) is 5.82 Å². The summed E-state index contributed by atoms with van der Waals surface area (Å²) in [5, 5.41) is 0. The predicted molar refractivity (Wildman–Crippen MR) is 70.9 cm³/mol. The molecule has 0 aromatic heterocycles. The Morgan fingerprint density at radius 1 is 1.56 bits per heavy atom. The molecule has 18 heavy (non-hydrogen) atoms. The molecule has 5 heteroatoms. The quantitative estimate of drug-likeness (QED) is 0.912. The van der Waals surface area contributed by atoms with Gasteiger partial charge in [-0.1, -0.05) is 12.1 Å². The highest BCUT2D eigenvalue weighted by atomic mass is 35.5. The lowest BCUT2D eigenvalue weighted by atomic mass is 10.2. The Bertz CT molecular complexity index is 421. The van der Waals surface area contributed by atoms with Crippen molar-refractivity contribution in [1.82, 2.24) is 4.90 Å². The van der Waals surface area contributed by atoms with Crippen LogP contribution in [0.3, 0.4) is 0 Å². The van der Waals surface area contributed by atoms with Crippen LogP contribution in [-0.2, 0) is 11.3 Å². The number of halogens is 2. The van der Waals surface area contributed by atoms with Crippen LogP contribution in [0.5, 0.6) is 0 Å². The molecular weight excluding hydrogens is 255 g/mol. The summed E-state index contributed by atoms with van der Waals surface area (Å²) < 4.78 is 13.1. The minimum absolute atomic E-state index is 0. The molecule has 0 unspecified atom stereocenters. The molecule has 1 aromatic rings. The van der Waals surface area contributed by atoms with Gasteiger partial charge in [-0.3, -0.25) is 4.79 Å². The maximum atomic E-state index is 13.1. The zero-order chi connectivity index (χ0) is 12.4. The van der Waals surface area contributed by atoms with Crippen LogP contribution in [0.15, 0.2) is 24.3 Å². The van der Waals surface area contributed by atoms with Crippen LogP contribution in [0, 0.1) is 5.82 Å². The average molecular weight is 273 g/mol. The molecule has 1 aliphatic rings. The first-order chi connectivity index (χ1) is 8.08. The van der Waals surface area contributed by atoms with Gasteiger partial charge in [0.15, 0.2) is 0 Å². The Morgan fingerprint density at radius 2 is 2.22 bits per heavy atom. The van der Waals surface area contributed by atoms with Crippen LogP contribution in [0.1, 0.15) is 25.3 Å². The van der Waals surface area contributed by atoms with Crippen LogP contribution in [0.4, 0.5) is 4.39 Å². The van der Waals surface area contributed by atoms with Gasteiger partial charge in [-0.25, -0.2) is 4.39 Å². The third-order valence-corrected chi connectivity index (χ3v) is 2.90. The molecule has 1 aromatic carbocycles. The van der Waals surface area contributed by atoms with Gasteiger partial charge in [0.25, 0.3) is 0 Å². The number of hydrogen-bond donors (Lipinski definition) is 1. The van der Waals surface area contributed by atoms with E-state index in [4.69, 9.17) is 5.73 Å². The Morgan fingerprint density at radius 3 is 2.72 bits per heavy atom. The first-order valence-corrected chi connectivity index (χ1v) is 5.88. The maximum Gasteiger partial charge on any atom is 0.239 e. The van der Waals surface area contributed by atoms with E-state index in [0.29, 0.717) is 6.54 Å². The second-order valence-electron chi connectivity index (χ2n) is 4.62. The number of carbonyl (C=O) groups is 1. The summed E-state index contributed by atoms with van der Waals surface area (Å²) in [6.07, 6.45) is 2.04. The van der Waals surface area contributed by atoms with Crippen molar-refractivity contribution in [2.24, 2.45) is 5.73 Å². The first-order valence-electron chi connectivity index (χ1n) is 5.88. The largest absolute Gasteiger partial charge is 0.334 e. The lowest BCUT2D eigenvalue weighted by molar-refractivity contribution is -0.133. The molecule has 0 spiro atoms. The number of nitrogens with two attached hydrogens (primary N) is 1. The van der Waals surface area contributed by atoms with E-state index in [0.717, 1.165) is 18.4 Å². The van der Waals surface area contributed by atoms with Crippen LogP contribution in [0.25, 0.3) is 0 Å². The van der Waals surface area contributed by atoms with Gasteiger partial charge in [-0.2, -0.15) is 0 Å². The van der Waals surface area contributed by atoms with Crippen LogP contribution in [0.2, 0.25) is 0 Å². The molecule has 1 atom stereocenters. The van der Waals surface area contributed by atoms with Crippen LogP contribution >= 0.6 is 12.4 Å². The van der Waals surface area contributed by atoms with Crippen LogP contribution < -0.4 is 5.73 Å². The summed E-state index contributed by atoms with van der Waals surface area (Å²) in [5.74, 6) is -0.330. The van der Waals surface area contributed by atoms with E-state index in [1.807, 2.05) is 6.07 Å².